The highest BCUT2D eigenvalue weighted by Gasteiger charge is 2.44. The Hall–Kier alpha value is -2.88. The molecule has 0 amide bonds. The highest BCUT2D eigenvalue weighted by atomic mass is 16.5. The number of ether oxygens (including phenoxy) is 2. The summed E-state index contributed by atoms with van der Waals surface area (Å²) in [5.41, 5.74) is 4.63. The number of allylic oxidation sites excluding steroid dienone is 5. The first-order valence-corrected chi connectivity index (χ1v) is 11.7. The summed E-state index contributed by atoms with van der Waals surface area (Å²) in [4.78, 5) is 25.1. The minimum absolute atomic E-state index is 0.0613. The summed E-state index contributed by atoms with van der Waals surface area (Å²) >= 11 is 0. The van der Waals surface area contributed by atoms with Crippen molar-refractivity contribution >= 4 is 17.5 Å². The Bertz CT molecular complexity index is 1040. The van der Waals surface area contributed by atoms with Crippen LogP contribution in [0.5, 0.6) is 0 Å². The first kappa shape index (κ1) is 21.0. The molecule has 0 fully saturated rings. The molecule has 0 radical (unpaired) electrons. The predicted molar refractivity (Wildman–Crippen MR) is 123 cm³/mol. The van der Waals surface area contributed by atoms with Crippen LogP contribution >= 0.6 is 0 Å². The first-order valence-electron chi connectivity index (χ1n) is 11.7. The molecule has 1 aromatic carbocycles. The molecule has 0 N–H and O–H groups in total. The fraction of sp³-hybridized carbons (Fsp3) is 0.429. The van der Waals surface area contributed by atoms with Crippen LogP contribution in [0, 0.1) is 29.1 Å². The van der Waals surface area contributed by atoms with E-state index in [1.165, 1.54) is 16.7 Å². The van der Waals surface area contributed by atoms with Crippen LogP contribution in [0.4, 0.5) is 0 Å². The molecule has 0 saturated carbocycles. The highest BCUT2D eigenvalue weighted by Crippen LogP contribution is 2.52. The van der Waals surface area contributed by atoms with Crippen molar-refractivity contribution in [2.45, 2.75) is 33.1 Å². The fourth-order valence-corrected chi connectivity index (χ4v) is 5.83. The van der Waals surface area contributed by atoms with E-state index < -0.39 is 5.92 Å². The van der Waals surface area contributed by atoms with Gasteiger partial charge in [-0.15, -0.1) is 0 Å². The van der Waals surface area contributed by atoms with Crippen molar-refractivity contribution in [1.29, 1.82) is 0 Å². The maximum absolute atomic E-state index is 13.3. The van der Waals surface area contributed by atoms with Gasteiger partial charge in [0, 0.05) is 17.8 Å². The number of rotatable bonds is 8. The van der Waals surface area contributed by atoms with Crippen LogP contribution in [-0.2, 0) is 19.1 Å². The van der Waals surface area contributed by atoms with Crippen molar-refractivity contribution in [3.8, 4) is 0 Å². The van der Waals surface area contributed by atoms with Crippen molar-refractivity contribution < 1.29 is 19.1 Å². The van der Waals surface area contributed by atoms with E-state index in [2.05, 4.69) is 61.6 Å². The summed E-state index contributed by atoms with van der Waals surface area (Å²) in [7, 11) is 0. The molecule has 4 aliphatic carbocycles. The lowest BCUT2D eigenvalue weighted by Crippen LogP contribution is -2.31. The van der Waals surface area contributed by atoms with E-state index in [-0.39, 0.29) is 29.9 Å². The van der Waals surface area contributed by atoms with Gasteiger partial charge < -0.3 is 9.47 Å². The standard InChI is InChI=1S/C28H30O4/c1-3-25(29)31-16-24(26-18(2)20-9-10-21(26)13-20)27(30)32-17-28-12-11-22(14-28)23(15-28)19-7-5-4-6-8-19/h4-12,15,20-22,24H,3,13-14,16-17H2,1-2H3. The van der Waals surface area contributed by atoms with Gasteiger partial charge in [-0.25, -0.2) is 0 Å². The van der Waals surface area contributed by atoms with Gasteiger partial charge in [-0.2, -0.15) is 0 Å². The third kappa shape index (κ3) is 3.66. The zero-order chi connectivity index (χ0) is 22.3. The molecule has 166 valence electrons. The zero-order valence-corrected chi connectivity index (χ0v) is 18.8. The Balaban J connectivity index is 1.31. The molecule has 0 heterocycles. The molecule has 0 saturated heterocycles. The Morgan fingerprint density at radius 2 is 1.84 bits per heavy atom. The minimum atomic E-state index is -0.526. The second kappa shape index (κ2) is 8.23. The van der Waals surface area contributed by atoms with Crippen LogP contribution in [0.15, 0.2) is 71.9 Å². The SMILES string of the molecule is CCC(=O)OCC(C(=O)OCC12C=CC(C1)C(c1ccccc1)=C2)C1=C(C)C2C=CC1C2. The lowest BCUT2D eigenvalue weighted by Gasteiger charge is -2.26. The van der Waals surface area contributed by atoms with E-state index in [4.69, 9.17) is 9.47 Å². The highest BCUT2D eigenvalue weighted by molar-refractivity contribution is 5.79. The van der Waals surface area contributed by atoms with Crippen LogP contribution in [0.1, 0.15) is 38.7 Å². The van der Waals surface area contributed by atoms with Crippen LogP contribution in [0.3, 0.4) is 0 Å². The van der Waals surface area contributed by atoms with Crippen LogP contribution in [-0.4, -0.2) is 25.2 Å². The Morgan fingerprint density at radius 1 is 1.06 bits per heavy atom. The number of hydrogen-bond acceptors (Lipinski definition) is 4. The van der Waals surface area contributed by atoms with Gasteiger partial charge in [0.15, 0.2) is 0 Å². The number of carbonyl (C=O) groups is 2. The molecule has 5 atom stereocenters. The van der Waals surface area contributed by atoms with Crippen molar-refractivity contribution in [2.24, 2.45) is 29.1 Å². The van der Waals surface area contributed by atoms with E-state index in [9.17, 15) is 9.59 Å². The molecule has 0 spiro atoms. The quantitative estimate of drug-likeness (QED) is 0.416. The first-order chi connectivity index (χ1) is 15.5. The topological polar surface area (TPSA) is 52.6 Å². The molecule has 5 unspecified atom stereocenters. The lowest BCUT2D eigenvalue weighted by molar-refractivity contribution is -0.154. The number of hydrogen-bond donors (Lipinski definition) is 0. The van der Waals surface area contributed by atoms with Crippen molar-refractivity contribution in [3.05, 3.63) is 77.4 Å². The predicted octanol–water partition coefficient (Wildman–Crippen LogP) is 5.28. The van der Waals surface area contributed by atoms with Crippen LogP contribution in [0.25, 0.3) is 5.57 Å². The van der Waals surface area contributed by atoms with E-state index in [0.717, 1.165) is 18.4 Å². The van der Waals surface area contributed by atoms with E-state index >= 15 is 0 Å². The molecule has 1 aromatic rings. The van der Waals surface area contributed by atoms with E-state index in [0.29, 0.717) is 24.9 Å². The fourth-order valence-electron chi connectivity index (χ4n) is 5.83. The summed E-state index contributed by atoms with van der Waals surface area (Å²) in [5, 5.41) is 0. The Labute approximate surface area is 189 Å². The van der Waals surface area contributed by atoms with Crippen molar-refractivity contribution in [3.63, 3.8) is 0 Å². The van der Waals surface area contributed by atoms with Crippen LogP contribution < -0.4 is 0 Å². The van der Waals surface area contributed by atoms with E-state index in [1.807, 2.05) is 6.07 Å². The summed E-state index contributed by atoms with van der Waals surface area (Å²) in [6.45, 7) is 4.24. The summed E-state index contributed by atoms with van der Waals surface area (Å²) in [6.07, 6.45) is 13.4. The van der Waals surface area contributed by atoms with Crippen molar-refractivity contribution in [1.82, 2.24) is 0 Å². The molecule has 0 aromatic heterocycles. The molecule has 4 nitrogen and oxygen atoms in total. The maximum atomic E-state index is 13.3. The average molecular weight is 431 g/mol. The zero-order valence-electron chi connectivity index (χ0n) is 18.8. The molecular formula is C28H30O4. The average Bonchev–Trinajstić information content (AvgIpc) is 3.60. The van der Waals surface area contributed by atoms with Crippen LogP contribution in [0.2, 0.25) is 0 Å². The largest absolute Gasteiger partial charge is 0.464 e. The number of carbonyl (C=O) groups excluding carboxylic acids is 2. The summed E-state index contributed by atoms with van der Waals surface area (Å²) in [6, 6.07) is 10.4. The third-order valence-electron chi connectivity index (χ3n) is 7.55. The smallest absolute Gasteiger partial charge is 0.316 e. The molecule has 4 heteroatoms. The van der Waals surface area contributed by atoms with Gasteiger partial charge in [-0.05, 0) is 48.3 Å². The number of benzene rings is 1. The molecule has 32 heavy (non-hydrogen) atoms. The monoisotopic (exact) mass is 430 g/mol. The van der Waals surface area contributed by atoms with Gasteiger partial charge in [-0.1, -0.05) is 73.2 Å². The molecular weight excluding hydrogens is 400 g/mol. The second-order valence-corrected chi connectivity index (χ2v) is 9.54. The van der Waals surface area contributed by atoms with Gasteiger partial charge >= 0.3 is 11.9 Å². The molecule has 4 bridgehead atoms. The minimum Gasteiger partial charge on any atom is -0.464 e. The van der Waals surface area contributed by atoms with Gasteiger partial charge in [0.25, 0.3) is 0 Å². The van der Waals surface area contributed by atoms with Gasteiger partial charge in [-0.3, -0.25) is 9.59 Å². The summed E-state index contributed by atoms with van der Waals surface area (Å²) in [5.74, 6) is -0.0680. The van der Waals surface area contributed by atoms with E-state index in [1.54, 1.807) is 6.92 Å². The maximum Gasteiger partial charge on any atom is 0.316 e. The van der Waals surface area contributed by atoms with Gasteiger partial charge in [0.1, 0.15) is 19.1 Å². The van der Waals surface area contributed by atoms with Gasteiger partial charge in [0.05, 0.1) is 0 Å². The molecule has 0 aliphatic heterocycles. The van der Waals surface area contributed by atoms with Crippen molar-refractivity contribution in [2.75, 3.05) is 13.2 Å². The number of esters is 2. The third-order valence-corrected chi connectivity index (χ3v) is 7.55. The lowest BCUT2D eigenvalue weighted by atomic mass is 9.87. The Kier molecular flexibility index (Phi) is 5.40. The summed E-state index contributed by atoms with van der Waals surface area (Å²) < 4.78 is 11.4. The normalized spacial score (nSPS) is 30.1. The number of fused-ring (bicyclic) bond motifs is 4. The second-order valence-electron chi connectivity index (χ2n) is 9.54. The Morgan fingerprint density at radius 3 is 2.56 bits per heavy atom. The molecule has 4 aliphatic rings. The molecule has 5 rings (SSSR count). The van der Waals surface area contributed by atoms with Gasteiger partial charge in [0.2, 0.25) is 0 Å².